The molecule has 0 saturated carbocycles. The normalized spacial score (nSPS) is 14.9. The van der Waals surface area contributed by atoms with Crippen LogP contribution in [-0.2, 0) is 0 Å². The van der Waals surface area contributed by atoms with E-state index in [1.54, 1.807) is 0 Å². The number of hydrogen-bond donors (Lipinski definition) is 1. The van der Waals surface area contributed by atoms with Crippen molar-refractivity contribution in [2.45, 2.75) is 51.9 Å². The van der Waals surface area contributed by atoms with Crippen LogP contribution >= 0.6 is 7.49 Å². The summed E-state index contributed by atoms with van der Waals surface area (Å²) in [5.74, 6) is 0. The predicted molar refractivity (Wildman–Crippen MR) is 76.1 cm³/mol. The summed E-state index contributed by atoms with van der Waals surface area (Å²) in [4.78, 5) is 11.3. The first-order valence-electron chi connectivity index (χ1n) is 5.88. The third kappa shape index (κ3) is 2.17. The third-order valence-electron chi connectivity index (χ3n) is 3.36. The van der Waals surface area contributed by atoms with Gasteiger partial charge in [-0.1, -0.05) is 0 Å². The Balaban J connectivity index is 3.39. The van der Waals surface area contributed by atoms with Gasteiger partial charge in [-0.05, 0) is 0 Å². The summed E-state index contributed by atoms with van der Waals surface area (Å²) in [6, 6.07) is 10.2. The summed E-state index contributed by atoms with van der Waals surface area (Å²) in [5, 5.41) is 1.01. The summed E-state index contributed by atoms with van der Waals surface area (Å²) >= 11 is 0. The molecule has 2 heteroatoms. The quantitative estimate of drug-likeness (QED) is 0.744. The molecule has 0 atom stereocenters. The Morgan fingerprint density at radius 1 is 0.812 bits per heavy atom. The molecule has 1 nitrogen and oxygen atoms in total. The predicted octanol–water partition coefficient (Wildman–Crippen LogP) is 3.57. The molecular weight excluding hydrogens is 215 g/mol. The van der Waals surface area contributed by atoms with Crippen LogP contribution in [0.25, 0.3) is 0 Å². The second-order valence-corrected chi connectivity index (χ2v) is 11.6. The summed E-state index contributed by atoms with van der Waals surface area (Å²) in [5.41, 5.74) is 0. The van der Waals surface area contributed by atoms with Crippen molar-refractivity contribution in [3.8, 4) is 0 Å². The topological polar surface area (TPSA) is 20.2 Å². The van der Waals surface area contributed by atoms with E-state index in [9.17, 15) is 4.89 Å². The van der Waals surface area contributed by atoms with Gasteiger partial charge in [0.15, 0.2) is 0 Å². The van der Waals surface area contributed by atoms with E-state index >= 15 is 0 Å². The number of hydrogen-bond acceptors (Lipinski definition) is 1. The van der Waals surface area contributed by atoms with Gasteiger partial charge in [-0.15, -0.1) is 0 Å². The molecule has 92 valence electrons. The van der Waals surface area contributed by atoms with Crippen molar-refractivity contribution >= 4 is 12.8 Å². The van der Waals surface area contributed by atoms with Gasteiger partial charge in [0.2, 0.25) is 0 Å². The minimum absolute atomic E-state index is 0.0629. The molecule has 0 unspecified atom stereocenters. The van der Waals surface area contributed by atoms with E-state index in [0.29, 0.717) is 0 Å². The van der Waals surface area contributed by atoms with E-state index in [1.807, 2.05) is 18.2 Å². The zero-order chi connectivity index (χ0) is 12.6. The van der Waals surface area contributed by atoms with Crippen LogP contribution < -0.4 is 5.30 Å². The SMILES string of the molecule is CC(C)(C)[PH](O)(c1ccccc1)C(C)(C)C. The maximum absolute atomic E-state index is 11.3. The first kappa shape index (κ1) is 13.7. The summed E-state index contributed by atoms with van der Waals surface area (Å²) in [7, 11) is -2.53. The van der Waals surface area contributed by atoms with Gasteiger partial charge < -0.3 is 0 Å². The molecule has 0 bridgehead atoms. The molecule has 0 saturated heterocycles. The molecule has 0 aromatic heterocycles. The standard InChI is InChI=1S/C14H25OP/c1-13(2,3)16(15,14(4,5)6)12-10-8-7-9-11-12/h7-11,15-16H,1-6H3. The van der Waals surface area contributed by atoms with Gasteiger partial charge in [0.25, 0.3) is 0 Å². The van der Waals surface area contributed by atoms with Crippen LogP contribution in [0.2, 0.25) is 0 Å². The first-order valence-corrected chi connectivity index (χ1v) is 7.83. The Labute approximate surface area is 100 Å². The van der Waals surface area contributed by atoms with E-state index in [-0.39, 0.29) is 10.3 Å². The second-order valence-electron chi connectivity index (χ2n) is 6.58. The third-order valence-corrected chi connectivity index (χ3v) is 8.87. The summed E-state index contributed by atoms with van der Waals surface area (Å²) in [6.07, 6.45) is 0. The van der Waals surface area contributed by atoms with Gasteiger partial charge in [-0.3, -0.25) is 0 Å². The Morgan fingerprint density at radius 2 is 1.19 bits per heavy atom. The zero-order valence-corrected chi connectivity index (χ0v) is 12.3. The van der Waals surface area contributed by atoms with Crippen LogP contribution in [0.15, 0.2) is 30.3 Å². The molecular formula is C14H25OP. The average molecular weight is 240 g/mol. The molecule has 0 spiro atoms. The second kappa shape index (κ2) is 4.13. The van der Waals surface area contributed by atoms with Crippen LogP contribution in [0.1, 0.15) is 41.5 Å². The van der Waals surface area contributed by atoms with Crippen molar-refractivity contribution in [2.24, 2.45) is 0 Å². The Bertz CT molecular complexity index is 329. The molecule has 0 radical (unpaired) electrons. The van der Waals surface area contributed by atoms with Gasteiger partial charge in [-0.2, -0.15) is 0 Å². The first-order chi connectivity index (χ1) is 7.11. The van der Waals surface area contributed by atoms with Gasteiger partial charge in [0.1, 0.15) is 0 Å². The van der Waals surface area contributed by atoms with E-state index in [2.05, 4.69) is 53.7 Å². The fourth-order valence-corrected chi connectivity index (χ4v) is 7.33. The monoisotopic (exact) mass is 240 g/mol. The molecule has 0 heterocycles. The molecule has 16 heavy (non-hydrogen) atoms. The van der Waals surface area contributed by atoms with E-state index in [0.717, 1.165) is 5.30 Å². The molecule has 0 fully saturated rings. The van der Waals surface area contributed by atoms with Crippen LogP contribution in [0.5, 0.6) is 0 Å². The van der Waals surface area contributed by atoms with E-state index < -0.39 is 7.49 Å². The average Bonchev–Trinajstić information content (AvgIpc) is 2.14. The molecule has 0 aliphatic heterocycles. The minimum atomic E-state index is -2.53. The molecule has 1 rings (SSSR count). The van der Waals surface area contributed by atoms with Gasteiger partial charge >= 0.3 is 99.9 Å². The van der Waals surface area contributed by atoms with Crippen LogP contribution in [0.4, 0.5) is 0 Å². The Hall–Kier alpha value is -0.390. The number of rotatable bonds is 1. The maximum atomic E-state index is 11.3. The van der Waals surface area contributed by atoms with Crippen molar-refractivity contribution in [3.63, 3.8) is 0 Å². The fourth-order valence-electron chi connectivity index (χ4n) is 2.67. The van der Waals surface area contributed by atoms with Gasteiger partial charge in [-0.25, -0.2) is 0 Å². The van der Waals surface area contributed by atoms with Crippen LogP contribution in [-0.4, -0.2) is 15.2 Å². The molecule has 0 amide bonds. The fraction of sp³-hybridized carbons (Fsp3) is 0.571. The van der Waals surface area contributed by atoms with Crippen molar-refractivity contribution < 1.29 is 4.89 Å². The summed E-state index contributed by atoms with van der Waals surface area (Å²) in [6.45, 7) is 12.9. The molecule has 0 aliphatic carbocycles. The van der Waals surface area contributed by atoms with Gasteiger partial charge in [0, 0.05) is 0 Å². The van der Waals surface area contributed by atoms with Crippen molar-refractivity contribution in [1.29, 1.82) is 0 Å². The summed E-state index contributed by atoms with van der Waals surface area (Å²) < 4.78 is 0. The Kier molecular flexibility index (Phi) is 3.53. The van der Waals surface area contributed by atoms with Gasteiger partial charge in [0.05, 0.1) is 0 Å². The van der Waals surface area contributed by atoms with Crippen LogP contribution in [0.3, 0.4) is 0 Å². The van der Waals surface area contributed by atoms with Crippen molar-refractivity contribution in [3.05, 3.63) is 30.3 Å². The molecule has 0 aliphatic rings. The number of benzene rings is 1. The van der Waals surface area contributed by atoms with Crippen LogP contribution in [0, 0.1) is 0 Å². The van der Waals surface area contributed by atoms with Crippen molar-refractivity contribution in [2.75, 3.05) is 0 Å². The molecule has 1 aromatic rings. The Morgan fingerprint density at radius 3 is 1.50 bits per heavy atom. The van der Waals surface area contributed by atoms with E-state index in [1.165, 1.54) is 0 Å². The molecule has 1 aromatic carbocycles. The van der Waals surface area contributed by atoms with Crippen molar-refractivity contribution in [1.82, 2.24) is 0 Å². The molecule has 1 N–H and O–H groups in total. The zero-order valence-electron chi connectivity index (χ0n) is 11.3. The van der Waals surface area contributed by atoms with E-state index in [4.69, 9.17) is 0 Å².